The van der Waals surface area contributed by atoms with Crippen molar-refractivity contribution >= 4 is 29.4 Å². The maximum atomic E-state index is 13.2. The molecule has 0 radical (unpaired) electrons. The summed E-state index contributed by atoms with van der Waals surface area (Å²) in [6.45, 7) is 2.10. The number of methoxy groups -OCH3 is 1. The van der Waals surface area contributed by atoms with Gasteiger partial charge in [0.05, 0.1) is 24.5 Å². The van der Waals surface area contributed by atoms with E-state index in [9.17, 15) is 9.18 Å². The molecular weight excluding hydrogens is 399 g/mol. The fourth-order valence-corrected chi connectivity index (χ4v) is 2.94. The lowest BCUT2D eigenvalue weighted by molar-refractivity contribution is 0.168. The molecule has 0 aliphatic rings. The Bertz CT molecular complexity index is 1060. The molecular formula is C22H23FN6O2. The van der Waals surface area contributed by atoms with Crippen LogP contribution in [0.1, 0.15) is 22.9 Å². The summed E-state index contributed by atoms with van der Waals surface area (Å²) in [7, 11) is 1.52. The number of halogens is 1. The van der Waals surface area contributed by atoms with E-state index in [4.69, 9.17) is 10.1 Å². The Kier molecular flexibility index (Phi) is 7.23. The minimum absolute atomic E-state index is 0.215. The summed E-state index contributed by atoms with van der Waals surface area (Å²) in [6, 6.07) is 10.1. The second kappa shape index (κ2) is 10.3. The van der Waals surface area contributed by atoms with Gasteiger partial charge in [0.25, 0.3) is 0 Å². The van der Waals surface area contributed by atoms with Crippen molar-refractivity contribution in [1.29, 1.82) is 5.41 Å². The highest BCUT2D eigenvalue weighted by molar-refractivity contribution is 5.92. The number of benzene rings is 1. The van der Waals surface area contributed by atoms with Crippen LogP contribution in [-0.2, 0) is 4.74 Å². The lowest BCUT2D eigenvalue weighted by atomic mass is 10.1. The molecule has 0 saturated heterocycles. The molecule has 160 valence electrons. The molecule has 3 aromatic rings. The Morgan fingerprint density at radius 3 is 2.68 bits per heavy atom. The monoisotopic (exact) mass is 422 g/mol. The van der Waals surface area contributed by atoms with Crippen molar-refractivity contribution in [2.24, 2.45) is 0 Å². The fraction of sp³-hybridized carbons (Fsp3) is 0.182. The third-order valence-corrected chi connectivity index (χ3v) is 4.42. The second-order valence-electron chi connectivity index (χ2n) is 6.77. The number of aryl methyl sites for hydroxylation is 1. The van der Waals surface area contributed by atoms with Gasteiger partial charge in [0, 0.05) is 36.5 Å². The second-order valence-corrected chi connectivity index (χ2v) is 6.77. The van der Waals surface area contributed by atoms with E-state index in [1.165, 1.54) is 25.5 Å². The number of hydrogen-bond donors (Lipinski definition) is 4. The third kappa shape index (κ3) is 6.06. The smallest absolute Gasteiger partial charge is 0.320 e. The number of anilines is 3. The van der Waals surface area contributed by atoms with Crippen LogP contribution in [0.5, 0.6) is 0 Å². The first-order valence-electron chi connectivity index (χ1n) is 9.50. The molecule has 0 saturated carbocycles. The molecule has 1 unspecified atom stereocenters. The van der Waals surface area contributed by atoms with Crippen molar-refractivity contribution < 1.29 is 13.9 Å². The molecule has 9 heteroatoms. The first-order chi connectivity index (χ1) is 15.0. The molecule has 0 aliphatic carbocycles. The van der Waals surface area contributed by atoms with Crippen molar-refractivity contribution in [3.63, 3.8) is 0 Å². The summed E-state index contributed by atoms with van der Waals surface area (Å²) in [4.78, 5) is 20.9. The number of ether oxygens (including phenoxy) is 1. The van der Waals surface area contributed by atoms with Crippen LogP contribution in [0.15, 0.2) is 54.9 Å². The topological polar surface area (TPSA) is 112 Å². The molecule has 1 aromatic carbocycles. The maximum absolute atomic E-state index is 13.2. The summed E-state index contributed by atoms with van der Waals surface area (Å²) in [5.74, 6) is -0.0777. The van der Waals surface area contributed by atoms with E-state index in [0.29, 0.717) is 16.8 Å². The maximum Gasteiger partial charge on any atom is 0.320 e. The number of pyridine rings is 2. The highest BCUT2D eigenvalue weighted by Crippen LogP contribution is 2.22. The van der Waals surface area contributed by atoms with Crippen LogP contribution in [0.4, 0.5) is 26.4 Å². The molecule has 2 heterocycles. The number of amides is 2. The van der Waals surface area contributed by atoms with Crippen LogP contribution >= 0.6 is 0 Å². The standard InChI is InChI=1S/C22H23FN6O2/c1-14-9-18(7-8-25-14)27-19-12-26-21(10-16(19)11-24)29-22(30)28-20(13-31-2)15-3-5-17(23)6-4-15/h3-12,20,24H,13H2,1-2H3,(H,25,27)(H2,26,28,29,30). The number of aromatic nitrogens is 2. The van der Waals surface area contributed by atoms with Gasteiger partial charge >= 0.3 is 6.03 Å². The van der Waals surface area contributed by atoms with Crippen molar-refractivity contribution in [2.45, 2.75) is 13.0 Å². The minimum atomic E-state index is -0.500. The zero-order chi connectivity index (χ0) is 22.2. The van der Waals surface area contributed by atoms with E-state index in [1.807, 2.05) is 19.1 Å². The lowest BCUT2D eigenvalue weighted by Crippen LogP contribution is -2.35. The van der Waals surface area contributed by atoms with Gasteiger partial charge in [-0.3, -0.25) is 10.3 Å². The van der Waals surface area contributed by atoms with Gasteiger partial charge in [-0.15, -0.1) is 0 Å². The molecule has 0 aliphatic heterocycles. The van der Waals surface area contributed by atoms with E-state index in [-0.39, 0.29) is 18.2 Å². The highest BCUT2D eigenvalue weighted by Gasteiger charge is 2.15. The molecule has 31 heavy (non-hydrogen) atoms. The predicted octanol–water partition coefficient (Wildman–Crippen LogP) is 4.17. The molecule has 0 spiro atoms. The first kappa shape index (κ1) is 21.8. The van der Waals surface area contributed by atoms with Crippen LogP contribution in [-0.4, -0.2) is 35.9 Å². The number of carbonyl (C=O) groups is 1. The van der Waals surface area contributed by atoms with Gasteiger partial charge in [0.1, 0.15) is 11.6 Å². The van der Waals surface area contributed by atoms with Crippen molar-refractivity contribution in [2.75, 3.05) is 24.4 Å². The van der Waals surface area contributed by atoms with Gasteiger partial charge in [-0.2, -0.15) is 0 Å². The first-order valence-corrected chi connectivity index (χ1v) is 9.50. The summed E-state index contributed by atoms with van der Waals surface area (Å²) >= 11 is 0. The van der Waals surface area contributed by atoms with Crippen LogP contribution in [0.25, 0.3) is 0 Å². The van der Waals surface area contributed by atoms with Gasteiger partial charge in [-0.05, 0) is 42.8 Å². The Morgan fingerprint density at radius 2 is 2.00 bits per heavy atom. The largest absolute Gasteiger partial charge is 0.382 e. The normalized spacial score (nSPS) is 11.5. The Labute approximate surface area is 179 Å². The van der Waals surface area contributed by atoms with E-state index >= 15 is 0 Å². The number of carbonyl (C=O) groups excluding carboxylic acids is 1. The SMILES string of the molecule is COCC(NC(=O)Nc1cc(C=N)c(Nc2ccnc(C)c2)cn1)c1ccc(F)cc1. The van der Waals surface area contributed by atoms with Crippen molar-refractivity contribution in [3.05, 3.63) is 77.5 Å². The third-order valence-electron chi connectivity index (χ3n) is 4.42. The molecule has 8 nitrogen and oxygen atoms in total. The Morgan fingerprint density at radius 1 is 1.23 bits per heavy atom. The van der Waals surface area contributed by atoms with E-state index in [1.54, 1.807) is 30.6 Å². The molecule has 4 N–H and O–H groups in total. The van der Waals surface area contributed by atoms with Crippen LogP contribution in [0.2, 0.25) is 0 Å². The molecule has 3 rings (SSSR count). The van der Waals surface area contributed by atoms with E-state index < -0.39 is 12.1 Å². The van der Waals surface area contributed by atoms with Gasteiger partial charge in [0.2, 0.25) is 0 Å². The van der Waals surface area contributed by atoms with Crippen LogP contribution < -0.4 is 16.0 Å². The number of rotatable bonds is 8. The summed E-state index contributed by atoms with van der Waals surface area (Å²) in [5.41, 5.74) is 3.55. The lowest BCUT2D eigenvalue weighted by Gasteiger charge is -2.19. The van der Waals surface area contributed by atoms with E-state index in [2.05, 4.69) is 25.9 Å². The molecule has 2 amide bonds. The van der Waals surface area contributed by atoms with Gasteiger partial charge in [-0.1, -0.05) is 12.1 Å². The summed E-state index contributed by atoms with van der Waals surface area (Å²) < 4.78 is 18.3. The van der Waals surface area contributed by atoms with Gasteiger partial charge in [-0.25, -0.2) is 14.2 Å². The zero-order valence-corrected chi connectivity index (χ0v) is 17.1. The average Bonchev–Trinajstić information content (AvgIpc) is 2.75. The van der Waals surface area contributed by atoms with E-state index in [0.717, 1.165) is 11.4 Å². The van der Waals surface area contributed by atoms with Crippen LogP contribution in [0, 0.1) is 18.2 Å². The summed E-state index contributed by atoms with van der Waals surface area (Å²) in [5, 5.41) is 16.3. The van der Waals surface area contributed by atoms with Crippen LogP contribution in [0.3, 0.4) is 0 Å². The Balaban J connectivity index is 1.70. The summed E-state index contributed by atoms with van der Waals surface area (Å²) in [6.07, 6.45) is 4.40. The Hall–Kier alpha value is -3.85. The average molecular weight is 422 g/mol. The molecule has 1 atom stereocenters. The van der Waals surface area contributed by atoms with Crippen molar-refractivity contribution in [3.8, 4) is 0 Å². The number of nitrogens with one attached hydrogen (secondary N) is 4. The fourth-order valence-electron chi connectivity index (χ4n) is 2.94. The molecule has 2 aromatic heterocycles. The predicted molar refractivity (Wildman–Crippen MR) is 118 cm³/mol. The number of hydrogen-bond acceptors (Lipinski definition) is 6. The van der Waals surface area contributed by atoms with Crippen molar-refractivity contribution in [1.82, 2.24) is 15.3 Å². The minimum Gasteiger partial charge on any atom is -0.382 e. The quantitative estimate of drug-likeness (QED) is 0.407. The number of nitrogens with zero attached hydrogens (tertiary/aromatic N) is 2. The highest BCUT2D eigenvalue weighted by atomic mass is 19.1. The molecule has 0 bridgehead atoms. The molecule has 0 fully saturated rings. The van der Waals surface area contributed by atoms with Gasteiger partial charge < -0.3 is 20.8 Å². The number of urea groups is 1. The van der Waals surface area contributed by atoms with Gasteiger partial charge in [0.15, 0.2) is 0 Å². The zero-order valence-electron chi connectivity index (χ0n) is 17.1.